The van der Waals surface area contributed by atoms with Crippen molar-refractivity contribution in [1.29, 1.82) is 0 Å². The largest absolute Gasteiger partial charge is 0.496 e. The molecule has 0 heterocycles. The summed E-state index contributed by atoms with van der Waals surface area (Å²) in [7, 11) is -2.19. The van der Waals surface area contributed by atoms with Gasteiger partial charge in [-0.3, -0.25) is 0 Å². The molecule has 0 spiro atoms. The molecule has 140 valence electrons. The number of ether oxygens (including phenoxy) is 1. The van der Waals surface area contributed by atoms with Crippen molar-refractivity contribution < 1.29 is 13.2 Å². The molecule has 0 bridgehead atoms. The summed E-state index contributed by atoms with van der Waals surface area (Å²) in [5, 5.41) is 3.34. The molecule has 2 aromatic rings. The van der Waals surface area contributed by atoms with Crippen LogP contribution in [0.3, 0.4) is 0 Å². The molecular weight excluding hydrogens is 484 g/mol. The van der Waals surface area contributed by atoms with Gasteiger partial charge in [-0.15, -0.1) is 0 Å². The van der Waals surface area contributed by atoms with Gasteiger partial charge in [0.2, 0.25) is 10.0 Å². The lowest BCUT2D eigenvalue weighted by atomic mass is 9.77. The minimum Gasteiger partial charge on any atom is -0.496 e. The molecule has 2 aromatic carbocycles. The molecule has 1 fully saturated rings. The predicted molar refractivity (Wildman–Crippen MR) is 110 cm³/mol. The molecule has 2 N–H and O–H groups in total. The highest BCUT2D eigenvalue weighted by atomic mass is 79.9. The van der Waals surface area contributed by atoms with Crippen LogP contribution < -0.4 is 14.8 Å². The Bertz CT molecular complexity index is 885. The van der Waals surface area contributed by atoms with Crippen LogP contribution in [0.4, 0.5) is 5.69 Å². The molecule has 0 radical (unpaired) electrons. The summed E-state index contributed by atoms with van der Waals surface area (Å²) in [5.74, 6) is 0.471. The molecule has 1 aliphatic rings. The number of halogens is 2. The summed E-state index contributed by atoms with van der Waals surface area (Å²) in [5.41, 5.74) is 0.499. The van der Waals surface area contributed by atoms with E-state index in [2.05, 4.69) is 41.9 Å². The van der Waals surface area contributed by atoms with E-state index in [1.54, 1.807) is 6.07 Å². The molecule has 0 aromatic heterocycles. The van der Waals surface area contributed by atoms with Gasteiger partial charge in [-0.05, 0) is 69.3 Å². The quantitative estimate of drug-likeness (QED) is 0.582. The number of hydrogen-bond donors (Lipinski definition) is 2. The van der Waals surface area contributed by atoms with E-state index in [0.29, 0.717) is 21.2 Å². The number of anilines is 1. The zero-order valence-corrected chi connectivity index (χ0v) is 18.2. The Morgan fingerprint density at radius 1 is 1.12 bits per heavy atom. The summed E-state index contributed by atoms with van der Waals surface area (Å²) in [6.07, 6.45) is 2.61. The molecular formula is C18H20Br2N2O3S. The first-order valence-electron chi connectivity index (χ1n) is 8.21. The van der Waals surface area contributed by atoms with Gasteiger partial charge in [0.1, 0.15) is 5.75 Å². The van der Waals surface area contributed by atoms with Gasteiger partial charge in [-0.2, -0.15) is 0 Å². The number of para-hydroxylation sites is 1. The maximum absolute atomic E-state index is 13.0. The lowest BCUT2D eigenvalue weighted by Crippen LogP contribution is -2.57. The summed E-state index contributed by atoms with van der Waals surface area (Å²) in [6, 6.07) is 13.0. The lowest BCUT2D eigenvalue weighted by molar-refractivity contribution is 0.237. The first kappa shape index (κ1) is 19.7. The zero-order valence-electron chi connectivity index (χ0n) is 14.3. The first-order valence-corrected chi connectivity index (χ1v) is 11.3. The molecule has 1 aliphatic carbocycles. The van der Waals surface area contributed by atoms with Crippen LogP contribution >= 0.6 is 31.9 Å². The predicted octanol–water partition coefficient (Wildman–Crippen LogP) is 4.53. The third-order valence-corrected chi connectivity index (χ3v) is 7.72. The van der Waals surface area contributed by atoms with Gasteiger partial charge < -0.3 is 10.1 Å². The third kappa shape index (κ3) is 4.24. The average molecular weight is 504 g/mol. The Hall–Kier alpha value is -1.09. The molecule has 0 amide bonds. The van der Waals surface area contributed by atoms with E-state index in [0.717, 1.165) is 24.9 Å². The van der Waals surface area contributed by atoms with E-state index in [9.17, 15) is 8.42 Å². The van der Waals surface area contributed by atoms with Gasteiger partial charge in [0.15, 0.2) is 0 Å². The SMILES string of the molecule is COc1cc(S(=O)(=O)NC2(CNc3ccccc3)CCC2)c(Br)cc1Br. The van der Waals surface area contributed by atoms with Crippen LogP contribution in [-0.4, -0.2) is 27.6 Å². The van der Waals surface area contributed by atoms with Crippen molar-refractivity contribution in [2.45, 2.75) is 29.7 Å². The second-order valence-corrected chi connectivity index (χ2v) is 9.74. The van der Waals surface area contributed by atoms with Crippen LogP contribution in [0.1, 0.15) is 19.3 Å². The number of sulfonamides is 1. The van der Waals surface area contributed by atoms with Crippen LogP contribution in [0.5, 0.6) is 5.75 Å². The molecule has 3 rings (SSSR count). The molecule has 0 atom stereocenters. The maximum Gasteiger partial charge on any atom is 0.242 e. The van der Waals surface area contributed by atoms with Crippen molar-refractivity contribution in [2.24, 2.45) is 0 Å². The Labute approximate surface area is 170 Å². The lowest BCUT2D eigenvalue weighted by Gasteiger charge is -2.42. The minimum atomic E-state index is -3.70. The van der Waals surface area contributed by atoms with Crippen LogP contribution in [0.15, 0.2) is 56.3 Å². The fraction of sp³-hybridized carbons (Fsp3) is 0.333. The highest BCUT2D eigenvalue weighted by molar-refractivity contribution is 9.11. The Morgan fingerprint density at radius 2 is 1.81 bits per heavy atom. The number of rotatable bonds is 7. The second kappa shape index (κ2) is 7.88. The Kier molecular flexibility index (Phi) is 5.96. The summed E-state index contributed by atoms with van der Waals surface area (Å²) >= 11 is 6.71. The standard InChI is InChI=1S/C18H20Br2N2O3S/c1-25-16-11-17(15(20)10-14(16)19)26(23,24)22-18(8-5-9-18)12-21-13-6-3-2-4-7-13/h2-4,6-7,10-11,21-22H,5,8-9,12H2,1H3. The van der Waals surface area contributed by atoms with Crippen LogP contribution in [0.25, 0.3) is 0 Å². The summed E-state index contributed by atoms with van der Waals surface area (Å²) < 4.78 is 35.4. The molecule has 5 nitrogen and oxygen atoms in total. The van der Waals surface area contributed by atoms with E-state index in [1.807, 2.05) is 30.3 Å². The van der Waals surface area contributed by atoms with Gasteiger partial charge in [0.25, 0.3) is 0 Å². The fourth-order valence-electron chi connectivity index (χ4n) is 2.96. The monoisotopic (exact) mass is 502 g/mol. The van der Waals surface area contributed by atoms with Crippen molar-refractivity contribution in [2.75, 3.05) is 19.0 Å². The molecule has 0 saturated heterocycles. The van der Waals surface area contributed by atoms with Crippen molar-refractivity contribution in [3.8, 4) is 5.75 Å². The number of benzene rings is 2. The van der Waals surface area contributed by atoms with Gasteiger partial charge >= 0.3 is 0 Å². The van der Waals surface area contributed by atoms with Gasteiger partial charge in [0.05, 0.1) is 22.0 Å². The topological polar surface area (TPSA) is 67.4 Å². The van der Waals surface area contributed by atoms with Crippen LogP contribution in [0.2, 0.25) is 0 Å². The van der Waals surface area contributed by atoms with E-state index in [1.165, 1.54) is 13.2 Å². The minimum absolute atomic E-state index is 0.170. The number of nitrogens with one attached hydrogen (secondary N) is 2. The van der Waals surface area contributed by atoms with Crippen LogP contribution in [-0.2, 0) is 10.0 Å². The van der Waals surface area contributed by atoms with Gasteiger partial charge in [-0.25, -0.2) is 13.1 Å². The van der Waals surface area contributed by atoms with E-state index < -0.39 is 15.6 Å². The highest BCUT2D eigenvalue weighted by Gasteiger charge is 2.41. The Morgan fingerprint density at radius 3 is 2.38 bits per heavy atom. The third-order valence-electron chi connectivity index (χ3n) is 4.56. The first-order chi connectivity index (χ1) is 12.4. The van der Waals surface area contributed by atoms with Crippen molar-refractivity contribution >= 4 is 47.6 Å². The number of hydrogen-bond acceptors (Lipinski definition) is 4. The smallest absolute Gasteiger partial charge is 0.242 e. The van der Waals surface area contributed by atoms with Gasteiger partial charge in [0, 0.05) is 22.8 Å². The number of methoxy groups -OCH3 is 1. The van der Waals surface area contributed by atoms with Crippen molar-refractivity contribution in [1.82, 2.24) is 4.72 Å². The van der Waals surface area contributed by atoms with E-state index in [4.69, 9.17) is 4.74 Å². The second-order valence-electron chi connectivity index (χ2n) is 6.38. The van der Waals surface area contributed by atoms with Gasteiger partial charge in [-0.1, -0.05) is 18.2 Å². The van der Waals surface area contributed by atoms with Crippen LogP contribution in [0, 0.1) is 0 Å². The molecule has 26 heavy (non-hydrogen) atoms. The van der Waals surface area contributed by atoms with Crippen molar-refractivity contribution in [3.63, 3.8) is 0 Å². The summed E-state index contributed by atoms with van der Waals surface area (Å²) in [6.45, 7) is 0.543. The maximum atomic E-state index is 13.0. The fourth-order valence-corrected chi connectivity index (χ4v) is 6.29. The Balaban J connectivity index is 1.81. The molecule has 1 saturated carbocycles. The van der Waals surface area contributed by atoms with Crippen molar-refractivity contribution in [3.05, 3.63) is 51.4 Å². The zero-order chi connectivity index (χ0) is 18.8. The van der Waals surface area contributed by atoms with E-state index in [-0.39, 0.29) is 4.90 Å². The molecule has 8 heteroatoms. The normalized spacial score (nSPS) is 16.0. The average Bonchev–Trinajstić information content (AvgIpc) is 2.58. The highest BCUT2D eigenvalue weighted by Crippen LogP contribution is 2.37. The molecule has 0 aliphatic heterocycles. The molecule has 0 unspecified atom stereocenters. The van der Waals surface area contributed by atoms with E-state index >= 15 is 0 Å². The summed E-state index contributed by atoms with van der Waals surface area (Å²) in [4.78, 5) is 0.170.